The van der Waals surface area contributed by atoms with Gasteiger partial charge in [0, 0.05) is 12.7 Å². The zero-order valence-corrected chi connectivity index (χ0v) is 16.5. The summed E-state index contributed by atoms with van der Waals surface area (Å²) < 4.78 is 23.2. The van der Waals surface area contributed by atoms with Gasteiger partial charge in [0.2, 0.25) is 5.91 Å². The largest absolute Gasteiger partial charge is 0.479 e. The molecule has 0 atom stereocenters. The maximum absolute atomic E-state index is 13.4. The fourth-order valence-corrected chi connectivity index (χ4v) is 2.36. The number of halogens is 1. The summed E-state index contributed by atoms with van der Waals surface area (Å²) in [5.41, 5.74) is 2.58. The van der Waals surface area contributed by atoms with Crippen LogP contribution in [0.3, 0.4) is 0 Å². The molecule has 2 amide bonds. The Bertz CT molecular complexity index is 900. The smallest absolute Gasteiger partial charge is 0.344 e. The van der Waals surface area contributed by atoms with E-state index in [4.69, 9.17) is 9.47 Å². The van der Waals surface area contributed by atoms with Gasteiger partial charge >= 0.3 is 5.97 Å². The van der Waals surface area contributed by atoms with Crippen LogP contribution in [0.4, 0.5) is 10.1 Å². The van der Waals surface area contributed by atoms with E-state index in [1.807, 2.05) is 32.0 Å². The molecular weight excluding hydrogens is 379 g/mol. The number of carbonyl (C=O) groups excluding carboxylic acids is 3. The average molecular weight is 402 g/mol. The van der Waals surface area contributed by atoms with Gasteiger partial charge in [-0.1, -0.05) is 24.3 Å². The lowest BCUT2D eigenvalue weighted by Gasteiger charge is -2.17. The highest BCUT2D eigenvalue weighted by Gasteiger charge is 2.16. The molecule has 0 aliphatic heterocycles. The number of carbonyl (C=O) groups is 3. The number of hydrogen-bond acceptors (Lipinski definition) is 5. The van der Waals surface area contributed by atoms with Gasteiger partial charge in [0.25, 0.3) is 5.91 Å². The Morgan fingerprint density at radius 2 is 1.79 bits per heavy atom. The molecule has 2 aromatic carbocycles. The Balaban J connectivity index is 1.75. The number of benzene rings is 2. The number of amides is 2. The van der Waals surface area contributed by atoms with Crippen LogP contribution in [0.1, 0.15) is 11.1 Å². The second-order valence-electron chi connectivity index (χ2n) is 6.50. The lowest BCUT2D eigenvalue weighted by atomic mass is 10.1. The van der Waals surface area contributed by atoms with Gasteiger partial charge in [-0.15, -0.1) is 0 Å². The molecule has 0 aliphatic carbocycles. The zero-order valence-electron chi connectivity index (χ0n) is 16.5. The van der Waals surface area contributed by atoms with E-state index >= 15 is 0 Å². The molecule has 0 aliphatic rings. The molecule has 8 heteroatoms. The molecule has 0 saturated heterocycles. The summed E-state index contributed by atoms with van der Waals surface area (Å²) in [6, 6.07) is 11.3. The number of aryl methyl sites for hydroxylation is 2. The molecule has 2 rings (SSSR count). The molecule has 29 heavy (non-hydrogen) atoms. The van der Waals surface area contributed by atoms with E-state index in [-0.39, 0.29) is 18.2 Å². The summed E-state index contributed by atoms with van der Waals surface area (Å²) in [5.74, 6) is -2.44. The van der Waals surface area contributed by atoms with Crippen molar-refractivity contribution in [2.24, 2.45) is 0 Å². The van der Waals surface area contributed by atoms with E-state index in [1.165, 1.54) is 25.2 Å². The molecular formula is C21H23FN2O5. The number of esters is 1. The molecule has 0 bridgehead atoms. The lowest BCUT2D eigenvalue weighted by Crippen LogP contribution is -2.37. The van der Waals surface area contributed by atoms with Crippen LogP contribution >= 0.6 is 0 Å². The monoisotopic (exact) mass is 402 g/mol. The van der Waals surface area contributed by atoms with Crippen molar-refractivity contribution in [2.75, 3.05) is 32.1 Å². The highest BCUT2D eigenvalue weighted by Crippen LogP contribution is 2.16. The number of rotatable bonds is 8. The van der Waals surface area contributed by atoms with Crippen LogP contribution in [-0.2, 0) is 19.1 Å². The lowest BCUT2D eigenvalue weighted by molar-refractivity contribution is -0.153. The predicted molar refractivity (Wildman–Crippen MR) is 105 cm³/mol. The first kappa shape index (κ1) is 21.9. The summed E-state index contributed by atoms with van der Waals surface area (Å²) in [5, 5.41) is 2.75. The van der Waals surface area contributed by atoms with Crippen LogP contribution < -0.4 is 10.1 Å². The van der Waals surface area contributed by atoms with E-state index in [2.05, 4.69) is 5.32 Å². The van der Waals surface area contributed by atoms with Crippen LogP contribution in [-0.4, -0.2) is 49.5 Å². The fraction of sp³-hybridized carbons (Fsp3) is 0.286. The maximum atomic E-state index is 13.4. The molecule has 1 N–H and O–H groups in total. The van der Waals surface area contributed by atoms with Gasteiger partial charge in [0.1, 0.15) is 0 Å². The van der Waals surface area contributed by atoms with Crippen molar-refractivity contribution in [2.45, 2.75) is 13.8 Å². The van der Waals surface area contributed by atoms with Crippen LogP contribution in [0.2, 0.25) is 0 Å². The standard InChI is InChI=1S/C21H23FN2O5/c1-14-8-9-15(2)17(10-14)23-19(25)11-24(3)20(26)12-29-21(27)13-28-18-7-5-4-6-16(18)22/h4-10H,11-13H2,1-3H3,(H,23,25). The number of para-hydroxylation sites is 1. The van der Waals surface area contributed by atoms with Crippen molar-refractivity contribution in [3.63, 3.8) is 0 Å². The van der Waals surface area contributed by atoms with Crippen molar-refractivity contribution in [1.29, 1.82) is 0 Å². The van der Waals surface area contributed by atoms with Crippen molar-refractivity contribution < 1.29 is 28.2 Å². The Hall–Kier alpha value is -3.42. The number of nitrogens with zero attached hydrogens (tertiary/aromatic N) is 1. The van der Waals surface area contributed by atoms with E-state index < -0.39 is 30.9 Å². The Morgan fingerprint density at radius 3 is 2.52 bits per heavy atom. The molecule has 0 aromatic heterocycles. The molecule has 2 aromatic rings. The first-order valence-electron chi connectivity index (χ1n) is 8.90. The maximum Gasteiger partial charge on any atom is 0.344 e. The van der Waals surface area contributed by atoms with Gasteiger partial charge in [-0.25, -0.2) is 9.18 Å². The molecule has 0 fully saturated rings. The molecule has 0 radical (unpaired) electrons. The first-order chi connectivity index (χ1) is 13.8. The van der Waals surface area contributed by atoms with Gasteiger partial charge < -0.3 is 19.7 Å². The third-order valence-electron chi connectivity index (χ3n) is 4.01. The molecule has 0 saturated carbocycles. The quantitative estimate of drug-likeness (QED) is 0.686. The van der Waals surface area contributed by atoms with Crippen LogP contribution in [0.15, 0.2) is 42.5 Å². The minimum atomic E-state index is -0.824. The first-order valence-corrected chi connectivity index (χ1v) is 8.90. The van der Waals surface area contributed by atoms with Gasteiger partial charge in [-0.2, -0.15) is 0 Å². The van der Waals surface area contributed by atoms with Gasteiger partial charge in [-0.05, 0) is 43.2 Å². The molecule has 0 unspecified atom stereocenters. The van der Waals surface area contributed by atoms with E-state index in [0.717, 1.165) is 16.0 Å². The fourth-order valence-electron chi connectivity index (χ4n) is 2.36. The number of hydrogen-bond donors (Lipinski definition) is 1. The van der Waals surface area contributed by atoms with E-state index in [9.17, 15) is 18.8 Å². The van der Waals surface area contributed by atoms with Gasteiger partial charge in [0.05, 0.1) is 6.54 Å². The number of ether oxygens (including phenoxy) is 2. The molecule has 0 heterocycles. The molecule has 0 spiro atoms. The second-order valence-corrected chi connectivity index (χ2v) is 6.50. The Morgan fingerprint density at radius 1 is 1.07 bits per heavy atom. The van der Waals surface area contributed by atoms with E-state index in [0.29, 0.717) is 5.69 Å². The summed E-state index contributed by atoms with van der Waals surface area (Å²) in [6.07, 6.45) is 0. The summed E-state index contributed by atoms with van der Waals surface area (Å²) in [6.45, 7) is 2.50. The highest BCUT2D eigenvalue weighted by atomic mass is 19.1. The van der Waals surface area contributed by atoms with Crippen LogP contribution in [0, 0.1) is 19.7 Å². The average Bonchev–Trinajstić information content (AvgIpc) is 2.68. The normalized spacial score (nSPS) is 10.2. The zero-order chi connectivity index (χ0) is 21.4. The van der Waals surface area contributed by atoms with E-state index in [1.54, 1.807) is 6.07 Å². The third kappa shape index (κ3) is 6.91. The minimum Gasteiger partial charge on any atom is -0.479 e. The van der Waals surface area contributed by atoms with Crippen molar-refractivity contribution in [3.8, 4) is 5.75 Å². The second kappa shape index (κ2) is 10.2. The number of likely N-dealkylation sites (N-methyl/N-ethyl adjacent to an activating group) is 1. The highest BCUT2D eigenvalue weighted by molar-refractivity contribution is 5.95. The summed E-state index contributed by atoms with van der Waals surface area (Å²) in [7, 11) is 1.43. The van der Waals surface area contributed by atoms with Crippen molar-refractivity contribution in [1.82, 2.24) is 4.90 Å². The van der Waals surface area contributed by atoms with Gasteiger partial charge in [0.15, 0.2) is 24.8 Å². The van der Waals surface area contributed by atoms with Crippen molar-refractivity contribution >= 4 is 23.5 Å². The summed E-state index contributed by atoms with van der Waals surface area (Å²) >= 11 is 0. The van der Waals surface area contributed by atoms with Crippen molar-refractivity contribution in [3.05, 3.63) is 59.4 Å². The minimum absolute atomic E-state index is 0.0870. The number of anilines is 1. The topological polar surface area (TPSA) is 84.9 Å². The van der Waals surface area contributed by atoms with Gasteiger partial charge in [-0.3, -0.25) is 9.59 Å². The molecule has 7 nitrogen and oxygen atoms in total. The Labute approximate surface area is 168 Å². The third-order valence-corrected chi connectivity index (χ3v) is 4.01. The van der Waals surface area contributed by atoms with Crippen LogP contribution in [0.25, 0.3) is 0 Å². The number of nitrogens with one attached hydrogen (secondary N) is 1. The molecule has 154 valence electrons. The predicted octanol–water partition coefficient (Wildman–Crippen LogP) is 2.46. The van der Waals surface area contributed by atoms with Crippen LogP contribution in [0.5, 0.6) is 5.75 Å². The SMILES string of the molecule is Cc1ccc(C)c(NC(=O)CN(C)C(=O)COC(=O)COc2ccccc2F)c1. The Kier molecular flexibility index (Phi) is 7.70. The summed E-state index contributed by atoms with van der Waals surface area (Å²) in [4.78, 5) is 37.0.